The van der Waals surface area contributed by atoms with Crippen molar-refractivity contribution in [3.05, 3.63) is 35.4 Å². The second kappa shape index (κ2) is 5.45. The predicted molar refractivity (Wildman–Crippen MR) is 84.8 cm³/mol. The van der Waals surface area contributed by atoms with Crippen LogP contribution < -0.4 is 5.32 Å². The highest BCUT2D eigenvalue weighted by molar-refractivity contribution is 5.92. The molecule has 21 heavy (non-hydrogen) atoms. The van der Waals surface area contributed by atoms with Gasteiger partial charge < -0.3 is 4.90 Å². The molecule has 1 atom stereocenters. The van der Waals surface area contributed by atoms with Crippen LogP contribution in [0.3, 0.4) is 0 Å². The number of carbonyl (C=O) groups is 1. The van der Waals surface area contributed by atoms with E-state index in [-0.39, 0.29) is 11.7 Å². The molecule has 1 heterocycles. The van der Waals surface area contributed by atoms with Crippen LogP contribution in [0.4, 0.5) is 0 Å². The van der Waals surface area contributed by atoms with Crippen LogP contribution in [-0.2, 0) is 11.2 Å². The van der Waals surface area contributed by atoms with Crippen molar-refractivity contribution in [3.8, 4) is 0 Å². The number of hydrogen-bond acceptors (Lipinski definition) is 2. The summed E-state index contributed by atoms with van der Waals surface area (Å²) in [6.07, 6.45) is 4.16. The first-order valence-corrected chi connectivity index (χ1v) is 8.23. The average Bonchev–Trinajstić information content (AvgIpc) is 3.21. The molecule has 3 rings (SSSR count). The van der Waals surface area contributed by atoms with Crippen molar-refractivity contribution in [2.75, 3.05) is 6.54 Å². The van der Waals surface area contributed by atoms with Crippen molar-refractivity contribution in [1.29, 1.82) is 0 Å². The molecule has 0 bridgehead atoms. The zero-order chi connectivity index (χ0) is 15.0. The Bertz CT molecular complexity index is 517. The second-order valence-electron chi connectivity index (χ2n) is 6.91. The Kier molecular flexibility index (Phi) is 3.78. The Morgan fingerprint density at radius 1 is 1.29 bits per heavy atom. The van der Waals surface area contributed by atoms with E-state index in [4.69, 9.17) is 0 Å². The van der Waals surface area contributed by atoms with Gasteiger partial charge in [0.25, 0.3) is 0 Å². The lowest BCUT2D eigenvalue weighted by atomic mass is 10.1. The van der Waals surface area contributed by atoms with Crippen LogP contribution in [0.2, 0.25) is 0 Å². The van der Waals surface area contributed by atoms with Crippen LogP contribution in [0.15, 0.2) is 24.3 Å². The van der Waals surface area contributed by atoms with E-state index in [0.29, 0.717) is 11.8 Å². The van der Waals surface area contributed by atoms with E-state index in [2.05, 4.69) is 55.3 Å². The van der Waals surface area contributed by atoms with Gasteiger partial charge in [-0.2, -0.15) is 0 Å². The number of aryl methyl sites for hydroxylation is 1. The van der Waals surface area contributed by atoms with Gasteiger partial charge in [-0.15, -0.1) is 0 Å². The number of amides is 1. The zero-order valence-corrected chi connectivity index (χ0v) is 13.4. The Hall–Kier alpha value is -1.35. The fraction of sp³-hybridized carbons (Fsp3) is 0.611. The SMILES string of the molecule is CCc1ccc(C2NC3(CC3)C(=O)N2CCC(C)C)cc1. The number of benzene rings is 1. The molecular weight excluding hydrogens is 260 g/mol. The minimum atomic E-state index is -0.231. The molecule has 1 unspecified atom stereocenters. The summed E-state index contributed by atoms with van der Waals surface area (Å²) in [6.45, 7) is 7.45. The fourth-order valence-electron chi connectivity index (χ4n) is 3.10. The Morgan fingerprint density at radius 3 is 2.48 bits per heavy atom. The molecule has 114 valence electrons. The summed E-state index contributed by atoms with van der Waals surface area (Å²) in [4.78, 5) is 14.7. The van der Waals surface area contributed by atoms with E-state index < -0.39 is 0 Å². The van der Waals surface area contributed by atoms with E-state index in [1.54, 1.807) is 0 Å². The van der Waals surface area contributed by atoms with Crippen LogP contribution in [0, 0.1) is 5.92 Å². The van der Waals surface area contributed by atoms with Gasteiger partial charge in [0.1, 0.15) is 11.7 Å². The van der Waals surface area contributed by atoms with Gasteiger partial charge >= 0.3 is 0 Å². The summed E-state index contributed by atoms with van der Waals surface area (Å²) in [7, 11) is 0. The molecule has 2 fully saturated rings. The van der Waals surface area contributed by atoms with Crippen LogP contribution >= 0.6 is 0 Å². The van der Waals surface area contributed by atoms with Gasteiger partial charge in [-0.3, -0.25) is 10.1 Å². The van der Waals surface area contributed by atoms with E-state index in [9.17, 15) is 4.79 Å². The highest BCUT2D eigenvalue weighted by Gasteiger charge is 2.59. The highest BCUT2D eigenvalue weighted by Crippen LogP contribution is 2.46. The van der Waals surface area contributed by atoms with Gasteiger partial charge in [-0.05, 0) is 42.7 Å². The normalized spacial score (nSPS) is 23.3. The van der Waals surface area contributed by atoms with Crippen LogP contribution in [-0.4, -0.2) is 22.9 Å². The van der Waals surface area contributed by atoms with Crippen LogP contribution in [0.25, 0.3) is 0 Å². The summed E-state index contributed by atoms with van der Waals surface area (Å²) in [6, 6.07) is 8.71. The van der Waals surface area contributed by atoms with E-state index >= 15 is 0 Å². The maximum atomic E-state index is 12.7. The lowest BCUT2D eigenvalue weighted by Crippen LogP contribution is -2.33. The topological polar surface area (TPSA) is 32.3 Å². The van der Waals surface area contributed by atoms with Gasteiger partial charge in [0.05, 0.1) is 0 Å². The molecule has 0 radical (unpaired) electrons. The monoisotopic (exact) mass is 286 g/mol. The van der Waals surface area contributed by atoms with Gasteiger partial charge in [0, 0.05) is 6.54 Å². The molecule has 1 aromatic carbocycles. The molecule has 2 aliphatic rings. The van der Waals surface area contributed by atoms with Crippen molar-refractivity contribution < 1.29 is 4.79 Å². The molecule has 1 aromatic rings. The lowest BCUT2D eigenvalue weighted by Gasteiger charge is -2.25. The summed E-state index contributed by atoms with van der Waals surface area (Å²) in [5.41, 5.74) is 2.33. The smallest absolute Gasteiger partial charge is 0.244 e. The largest absolute Gasteiger partial charge is 0.321 e. The fourth-order valence-corrected chi connectivity index (χ4v) is 3.10. The molecule has 1 saturated heterocycles. The first kappa shape index (κ1) is 14.6. The van der Waals surface area contributed by atoms with Crippen molar-refractivity contribution in [1.82, 2.24) is 10.2 Å². The van der Waals surface area contributed by atoms with Crippen molar-refractivity contribution in [3.63, 3.8) is 0 Å². The molecular formula is C18H26N2O. The molecule has 1 spiro atoms. The first-order valence-electron chi connectivity index (χ1n) is 8.23. The zero-order valence-electron chi connectivity index (χ0n) is 13.4. The van der Waals surface area contributed by atoms with Gasteiger partial charge in [0.2, 0.25) is 5.91 Å². The third-order valence-corrected chi connectivity index (χ3v) is 4.80. The Morgan fingerprint density at radius 2 is 1.95 bits per heavy atom. The summed E-state index contributed by atoms with van der Waals surface area (Å²) >= 11 is 0. The molecule has 3 heteroatoms. The molecule has 3 nitrogen and oxygen atoms in total. The standard InChI is InChI=1S/C18H26N2O/c1-4-14-5-7-15(8-6-14)16-19-18(10-11-18)17(21)20(16)12-9-13(2)3/h5-8,13,16,19H,4,9-12H2,1-3H3. The molecule has 0 aromatic heterocycles. The number of nitrogens with one attached hydrogen (secondary N) is 1. The minimum absolute atomic E-state index is 0.0599. The van der Waals surface area contributed by atoms with E-state index in [1.165, 1.54) is 11.1 Å². The molecule has 1 aliphatic carbocycles. The number of rotatable bonds is 5. The second-order valence-corrected chi connectivity index (χ2v) is 6.91. The Labute approximate surface area is 127 Å². The highest BCUT2D eigenvalue weighted by atomic mass is 16.2. The summed E-state index contributed by atoms with van der Waals surface area (Å²) < 4.78 is 0. The number of hydrogen-bond donors (Lipinski definition) is 1. The maximum absolute atomic E-state index is 12.7. The number of carbonyl (C=O) groups excluding carboxylic acids is 1. The van der Waals surface area contributed by atoms with Gasteiger partial charge in [0.15, 0.2) is 0 Å². The molecule has 1 aliphatic heterocycles. The summed E-state index contributed by atoms with van der Waals surface area (Å²) in [5.74, 6) is 0.935. The maximum Gasteiger partial charge on any atom is 0.244 e. The van der Waals surface area contributed by atoms with Crippen LogP contribution in [0.1, 0.15) is 57.3 Å². The minimum Gasteiger partial charge on any atom is -0.321 e. The molecule has 1 saturated carbocycles. The van der Waals surface area contributed by atoms with E-state index in [0.717, 1.165) is 32.2 Å². The quantitative estimate of drug-likeness (QED) is 0.901. The third-order valence-electron chi connectivity index (χ3n) is 4.80. The van der Waals surface area contributed by atoms with Crippen LogP contribution in [0.5, 0.6) is 0 Å². The van der Waals surface area contributed by atoms with Crippen molar-refractivity contribution >= 4 is 5.91 Å². The Balaban J connectivity index is 1.81. The molecule has 1 amide bonds. The average molecular weight is 286 g/mol. The van der Waals surface area contributed by atoms with Crippen molar-refractivity contribution in [2.24, 2.45) is 5.92 Å². The number of nitrogens with zero attached hydrogens (tertiary/aromatic N) is 1. The predicted octanol–water partition coefficient (Wildman–Crippen LogP) is 3.26. The van der Waals surface area contributed by atoms with Gasteiger partial charge in [-0.25, -0.2) is 0 Å². The lowest BCUT2D eigenvalue weighted by molar-refractivity contribution is -0.131. The third kappa shape index (κ3) is 2.71. The van der Waals surface area contributed by atoms with Crippen molar-refractivity contribution in [2.45, 2.75) is 58.2 Å². The molecule has 1 N–H and O–H groups in total. The van der Waals surface area contributed by atoms with Gasteiger partial charge in [-0.1, -0.05) is 45.0 Å². The van der Waals surface area contributed by atoms with E-state index in [1.807, 2.05) is 0 Å². The first-order chi connectivity index (χ1) is 10.1. The summed E-state index contributed by atoms with van der Waals surface area (Å²) in [5, 5.41) is 3.60.